The minimum absolute atomic E-state index is 0.0169. The molecule has 0 atom stereocenters. The van der Waals surface area contributed by atoms with Gasteiger partial charge in [0.15, 0.2) is 0 Å². The summed E-state index contributed by atoms with van der Waals surface area (Å²) in [5.74, 6) is 1.18. The van der Waals surface area contributed by atoms with Crippen LogP contribution in [-0.2, 0) is 17.8 Å². The molecule has 0 aromatic carbocycles. The van der Waals surface area contributed by atoms with Gasteiger partial charge in [-0.2, -0.15) is 5.10 Å². The first-order valence-corrected chi connectivity index (χ1v) is 7.21. The van der Waals surface area contributed by atoms with Gasteiger partial charge in [0.05, 0.1) is 32.0 Å². The summed E-state index contributed by atoms with van der Waals surface area (Å²) in [6.07, 6.45) is 0. The number of aryl methyl sites for hydroxylation is 1. The van der Waals surface area contributed by atoms with Crippen LogP contribution >= 0.6 is 0 Å². The molecule has 0 fully saturated rings. The van der Waals surface area contributed by atoms with Crippen molar-refractivity contribution in [2.75, 3.05) is 18.5 Å². The smallest absolute Gasteiger partial charge is 0.374 e. The number of rotatable bonds is 7. The zero-order chi connectivity index (χ0) is 16.1. The number of nitrogens with one attached hydrogen (secondary N) is 1. The third-order valence-electron chi connectivity index (χ3n) is 3.31. The number of esters is 1. The second kappa shape index (κ2) is 7.13. The fraction of sp³-hybridized carbons (Fsp3) is 0.467. The Hall–Kier alpha value is -2.28. The Labute approximate surface area is 128 Å². The van der Waals surface area contributed by atoms with E-state index in [4.69, 9.17) is 14.3 Å². The summed E-state index contributed by atoms with van der Waals surface area (Å²) in [4.78, 5) is 11.6. The summed E-state index contributed by atoms with van der Waals surface area (Å²) < 4.78 is 12.1. The number of carbonyl (C=O) groups excluding carboxylic acids is 1. The molecule has 0 bridgehead atoms. The summed E-state index contributed by atoms with van der Waals surface area (Å²) in [5, 5.41) is 16.7. The van der Waals surface area contributed by atoms with E-state index in [1.807, 2.05) is 13.8 Å². The number of carbonyl (C=O) groups is 1. The lowest BCUT2D eigenvalue weighted by atomic mass is 10.3. The van der Waals surface area contributed by atoms with Crippen molar-refractivity contribution in [3.8, 4) is 0 Å². The normalized spacial score (nSPS) is 10.7. The van der Waals surface area contributed by atoms with E-state index in [-0.39, 0.29) is 12.4 Å². The molecule has 2 heterocycles. The van der Waals surface area contributed by atoms with Gasteiger partial charge in [0.25, 0.3) is 0 Å². The van der Waals surface area contributed by atoms with Crippen molar-refractivity contribution in [3.05, 3.63) is 34.9 Å². The molecule has 0 spiro atoms. The molecular weight excluding hydrogens is 286 g/mol. The van der Waals surface area contributed by atoms with Crippen molar-refractivity contribution in [3.63, 3.8) is 0 Å². The Morgan fingerprint density at radius 1 is 1.45 bits per heavy atom. The molecule has 2 rings (SSSR count). The quantitative estimate of drug-likeness (QED) is 0.759. The van der Waals surface area contributed by atoms with Gasteiger partial charge < -0.3 is 19.6 Å². The molecule has 120 valence electrons. The highest BCUT2D eigenvalue weighted by molar-refractivity contribution is 5.86. The average molecular weight is 307 g/mol. The molecule has 0 unspecified atom stereocenters. The van der Waals surface area contributed by atoms with Gasteiger partial charge in [0.1, 0.15) is 11.6 Å². The van der Waals surface area contributed by atoms with Crippen LogP contribution in [0.3, 0.4) is 0 Å². The molecule has 2 aromatic heterocycles. The summed E-state index contributed by atoms with van der Waals surface area (Å²) >= 11 is 0. The maximum absolute atomic E-state index is 11.6. The van der Waals surface area contributed by atoms with Crippen LogP contribution in [0.25, 0.3) is 0 Å². The molecule has 2 N–H and O–H groups in total. The van der Waals surface area contributed by atoms with Crippen molar-refractivity contribution < 1.29 is 19.1 Å². The van der Waals surface area contributed by atoms with Gasteiger partial charge in [-0.25, -0.2) is 9.48 Å². The maximum atomic E-state index is 11.6. The number of aliphatic hydroxyl groups is 1. The summed E-state index contributed by atoms with van der Waals surface area (Å²) in [7, 11) is 0. The number of furan rings is 1. The van der Waals surface area contributed by atoms with Crippen LogP contribution in [0.5, 0.6) is 0 Å². The summed E-state index contributed by atoms with van der Waals surface area (Å²) in [6, 6.07) is 3.33. The van der Waals surface area contributed by atoms with Gasteiger partial charge in [-0.05, 0) is 32.9 Å². The first-order valence-electron chi connectivity index (χ1n) is 7.21. The van der Waals surface area contributed by atoms with E-state index >= 15 is 0 Å². The van der Waals surface area contributed by atoms with Crippen LogP contribution in [0.2, 0.25) is 0 Å². The number of hydrogen-bond donors (Lipinski definition) is 2. The van der Waals surface area contributed by atoms with E-state index in [0.717, 1.165) is 17.1 Å². The maximum Gasteiger partial charge on any atom is 0.374 e. The van der Waals surface area contributed by atoms with Crippen LogP contribution in [0.15, 0.2) is 16.5 Å². The van der Waals surface area contributed by atoms with Crippen molar-refractivity contribution in [1.82, 2.24) is 9.78 Å². The third-order valence-corrected chi connectivity index (χ3v) is 3.31. The first-order chi connectivity index (χ1) is 10.6. The zero-order valence-electron chi connectivity index (χ0n) is 13.0. The van der Waals surface area contributed by atoms with Gasteiger partial charge in [-0.1, -0.05) is 0 Å². The highest BCUT2D eigenvalue weighted by atomic mass is 16.5. The number of aromatic nitrogens is 2. The van der Waals surface area contributed by atoms with Gasteiger partial charge in [0.2, 0.25) is 5.76 Å². The fourth-order valence-corrected chi connectivity index (χ4v) is 2.11. The van der Waals surface area contributed by atoms with Gasteiger partial charge >= 0.3 is 5.97 Å². The molecule has 0 aliphatic heterocycles. The molecule has 0 radical (unpaired) electrons. The lowest BCUT2D eigenvalue weighted by Gasteiger charge is -2.08. The highest BCUT2D eigenvalue weighted by Crippen LogP contribution is 2.20. The molecule has 0 saturated carbocycles. The summed E-state index contributed by atoms with van der Waals surface area (Å²) in [5.41, 5.74) is 1.92. The van der Waals surface area contributed by atoms with Gasteiger partial charge in [0, 0.05) is 5.56 Å². The molecule has 0 amide bonds. The predicted octanol–water partition coefficient (Wildman–Crippen LogP) is 1.87. The predicted molar refractivity (Wildman–Crippen MR) is 80.8 cm³/mol. The largest absolute Gasteiger partial charge is 0.460 e. The molecule has 0 saturated heterocycles. The highest BCUT2D eigenvalue weighted by Gasteiger charge is 2.14. The van der Waals surface area contributed by atoms with Crippen molar-refractivity contribution in [2.24, 2.45) is 0 Å². The van der Waals surface area contributed by atoms with Crippen LogP contribution in [0, 0.1) is 13.8 Å². The summed E-state index contributed by atoms with van der Waals surface area (Å²) in [6.45, 7) is 6.79. The van der Waals surface area contributed by atoms with Crippen LogP contribution in [0.1, 0.15) is 34.5 Å². The van der Waals surface area contributed by atoms with E-state index in [1.54, 1.807) is 23.7 Å². The Balaban J connectivity index is 2.06. The zero-order valence-corrected chi connectivity index (χ0v) is 13.0. The topological polar surface area (TPSA) is 89.5 Å². The number of nitrogens with zero attached hydrogens (tertiary/aromatic N) is 2. The van der Waals surface area contributed by atoms with E-state index in [2.05, 4.69) is 10.4 Å². The SMILES string of the molecule is CCOC(=O)c1ccc(CNc2c(C)c(C)nn2CCO)o1. The number of aliphatic hydroxyl groups excluding tert-OH is 1. The fourth-order valence-electron chi connectivity index (χ4n) is 2.11. The minimum Gasteiger partial charge on any atom is -0.460 e. The van der Waals surface area contributed by atoms with E-state index in [9.17, 15) is 4.79 Å². The van der Waals surface area contributed by atoms with Crippen molar-refractivity contribution in [2.45, 2.75) is 33.9 Å². The molecular formula is C15H21N3O4. The molecule has 2 aromatic rings. The number of anilines is 1. The van der Waals surface area contributed by atoms with Crippen LogP contribution in [-0.4, -0.2) is 34.1 Å². The lowest BCUT2D eigenvalue weighted by Crippen LogP contribution is -2.10. The number of hydrogen-bond acceptors (Lipinski definition) is 6. The Morgan fingerprint density at radius 2 is 2.23 bits per heavy atom. The molecule has 7 nitrogen and oxygen atoms in total. The Bertz CT molecular complexity index is 645. The van der Waals surface area contributed by atoms with E-state index in [1.165, 1.54) is 0 Å². The minimum atomic E-state index is -0.467. The molecule has 0 aliphatic rings. The second-order valence-electron chi connectivity index (χ2n) is 4.85. The van der Waals surface area contributed by atoms with Crippen molar-refractivity contribution in [1.29, 1.82) is 0 Å². The monoisotopic (exact) mass is 307 g/mol. The van der Waals surface area contributed by atoms with E-state index < -0.39 is 5.97 Å². The van der Waals surface area contributed by atoms with Gasteiger partial charge in [-0.3, -0.25) is 0 Å². The molecule has 0 aliphatic carbocycles. The second-order valence-corrected chi connectivity index (χ2v) is 4.85. The third kappa shape index (κ3) is 3.48. The van der Waals surface area contributed by atoms with Gasteiger partial charge in [-0.15, -0.1) is 0 Å². The standard InChI is InChI=1S/C15H21N3O4/c1-4-21-15(20)13-6-5-12(22-13)9-16-14-10(2)11(3)17-18(14)7-8-19/h5-6,16,19H,4,7-9H2,1-3H3. The first kappa shape index (κ1) is 16.1. The Morgan fingerprint density at radius 3 is 2.91 bits per heavy atom. The van der Waals surface area contributed by atoms with Crippen LogP contribution < -0.4 is 5.32 Å². The lowest BCUT2D eigenvalue weighted by molar-refractivity contribution is 0.0488. The van der Waals surface area contributed by atoms with E-state index in [0.29, 0.717) is 25.5 Å². The van der Waals surface area contributed by atoms with Crippen molar-refractivity contribution >= 4 is 11.8 Å². The average Bonchev–Trinajstić information content (AvgIpc) is 3.05. The molecule has 22 heavy (non-hydrogen) atoms. The number of ether oxygens (including phenoxy) is 1. The Kier molecular flexibility index (Phi) is 5.21. The van der Waals surface area contributed by atoms with Crippen LogP contribution in [0.4, 0.5) is 5.82 Å². The molecule has 7 heteroatoms.